The van der Waals surface area contributed by atoms with Crippen LogP contribution in [-0.2, 0) is 30.3 Å². The molecule has 2 rings (SSSR count). The Labute approximate surface area is 178 Å². The molecule has 1 amide bonds. The van der Waals surface area contributed by atoms with E-state index in [1.54, 1.807) is 31.2 Å². The summed E-state index contributed by atoms with van der Waals surface area (Å²) < 4.78 is 16.0. The Morgan fingerprint density at radius 3 is 2.52 bits per heavy atom. The van der Waals surface area contributed by atoms with Gasteiger partial charge in [0.2, 0.25) is 0 Å². The molecule has 0 saturated heterocycles. The summed E-state index contributed by atoms with van der Waals surface area (Å²) in [4.78, 5) is 52.5. The van der Waals surface area contributed by atoms with Crippen molar-refractivity contribution in [1.29, 1.82) is 0 Å². The Bertz CT molecular complexity index is 1000. The van der Waals surface area contributed by atoms with Gasteiger partial charge in [-0.25, -0.2) is 9.59 Å². The van der Waals surface area contributed by atoms with Crippen molar-refractivity contribution in [3.63, 3.8) is 0 Å². The fraction of sp³-hybridized carbons (Fsp3) is 0.400. The van der Waals surface area contributed by atoms with Crippen molar-refractivity contribution < 1.29 is 23.8 Å². The standard InChI is InChI=1S/C20H26N4O7/c1-3-30-13-16(26)31-12-15(25)23(9-10-29-2)17-18(21)24(20(28)22-19(17)27)11-14-7-5-4-6-8-14/h4-8H,3,9-13,21H2,1-2H3,(H,22,27,28). The number of benzene rings is 1. The second kappa shape index (κ2) is 11.7. The smallest absolute Gasteiger partial charge is 0.332 e. The van der Waals surface area contributed by atoms with Crippen LogP contribution in [-0.4, -0.2) is 61.5 Å². The zero-order valence-corrected chi connectivity index (χ0v) is 17.5. The number of methoxy groups -OCH3 is 1. The van der Waals surface area contributed by atoms with E-state index in [-0.39, 0.29) is 37.8 Å². The number of nitrogens with two attached hydrogens (primary N) is 1. The van der Waals surface area contributed by atoms with Gasteiger partial charge in [0, 0.05) is 20.3 Å². The highest BCUT2D eigenvalue weighted by molar-refractivity contribution is 5.97. The van der Waals surface area contributed by atoms with E-state index in [1.165, 1.54) is 7.11 Å². The Kier molecular flexibility index (Phi) is 8.97. The number of anilines is 2. The fourth-order valence-electron chi connectivity index (χ4n) is 2.75. The second-order valence-corrected chi connectivity index (χ2v) is 6.40. The quantitative estimate of drug-likeness (QED) is 0.460. The van der Waals surface area contributed by atoms with Gasteiger partial charge in [-0.1, -0.05) is 30.3 Å². The average molecular weight is 434 g/mol. The van der Waals surface area contributed by atoms with Crippen LogP contribution in [0, 0.1) is 0 Å². The number of carbonyl (C=O) groups is 2. The normalized spacial score (nSPS) is 10.6. The number of rotatable bonds is 11. The lowest BCUT2D eigenvalue weighted by molar-refractivity contribution is -0.152. The predicted octanol–water partition coefficient (Wildman–Crippen LogP) is -0.274. The Morgan fingerprint density at radius 1 is 1.16 bits per heavy atom. The Hall–Kier alpha value is -3.44. The van der Waals surface area contributed by atoms with Gasteiger partial charge in [-0.15, -0.1) is 0 Å². The van der Waals surface area contributed by atoms with Crippen LogP contribution in [0.25, 0.3) is 0 Å². The molecule has 0 aliphatic rings. The van der Waals surface area contributed by atoms with E-state index in [9.17, 15) is 19.2 Å². The second-order valence-electron chi connectivity index (χ2n) is 6.40. The molecule has 168 valence electrons. The van der Waals surface area contributed by atoms with Gasteiger partial charge in [-0.3, -0.25) is 24.0 Å². The number of nitrogen functional groups attached to an aromatic ring is 1. The number of esters is 1. The third kappa shape index (κ3) is 6.52. The molecule has 3 N–H and O–H groups in total. The van der Waals surface area contributed by atoms with Gasteiger partial charge < -0.3 is 19.9 Å². The first kappa shape index (κ1) is 23.8. The van der Waals surface area contributed by atoms with Crippen LogP contribution in [0.3, 0.4) is 0 Å². The van der Waals surface area contributed by atoms with E-state index >= 15 is 0 Å². The van der Waals surface area contributed by atoms with Gasteiger partial charge in [-0.05, 0) is 12.5 Å². The number of H-pyrrole nitrogens is 1. The summed E-state index contributed by atoms with van der Waals surface area (Å²) in [6.07, 6.45) is 0. The topological polar surface area (TPSA) is 146 Å². The SMILES string of the molecule is CCOCC(=O)OCC(=O)N(CCOC)c1c(N)n(Cc2ccccc2)c(=O)[nH]c1=O. The molecule has 0 unspecified atom stereocenters. The number of carbonyl (C=O) groups excluding carboxylic acids is 2. The van der Waals surface area contributed by atoms with E-state index in [2.05, 4.69) is 4.98 Å². The predicted molar refractivity (Wildman–Crippen MR) is 113 cm³/mol. The third-order valence-corrected chi connectivity index (χ3v) is 4.27. The van der Waals surface area contributed by atoms with Crippen molar-refractivity contribution in [2.24, 2.45) is 0 Å². The molecule has 0 spiro atoms. The van der Waals surface area contributed by atoms with E-state index < -0.39 is 29.7 Å². The maximum atomic E-state index is 12.7. The van der Waals surface area contributed by atoms with Crippen LogP contribution in [0.1, 0.15) is 12.5 Å². The minimum absolute atomic E-state index is 0.0465. The van der Waals surface area contributed by atoms with Gasteiger partial charge in [0.1, 0.15) is 12.4 Å². The summed E-state index contributed by atoms with van der Waals surface area (Å²) in [6, 6.07) is 9.01. The molecule has 0 aliphatic carbocycles. The number of aromatic nitrogens is 2. The molecular formula is C20H26N4O7. The zero-order valence-electron chi connectivity index (χ0n) is 17.5. The van der Waals surface area contributed by atoms with E-state index in [0.717, 1.165) is 15.0 Å². The van der Waals surface area contributed by atoms with Gasteiger partial charge in [-0.2, -0.15) is 0 Å². The first-order valence-corrected chi connectivity index (χ1v) is 9.58. The van der Waals surface area contributed by atoms with E-state index in [0.29, 0.717) is 6.61 Å². The molecule has 0 fully saturated rings. The van der Waals surface area contributed by atoms with Gasteiger partial charge in [0.15, 0.2) is 12.3 Å². The van der Waals surface area contributed by atoms with Crippen molar-refractivity contribution in [2.45, 2.75) is 13.5 Å². The highest BCUT2D eigenvalue weighted by Gasteiger charge is 2.25. The molecule has 0 aliphatic heterocycles. The molecule has 2 aromatic rings. The molecule has 1 aromatic carbocycles. The van der Waals surface area contributed by atoms with Crippen LogP contribution >= 0.6 is 0 Å². The summed E-state index contributed by atoms with van der Waals surface area (Å²) in [7, 11) is 1.43. The molecule has 0 bridgehead atoms. The van der Waals surface area contributed by atoms with E-state index in [1.807, 2.05) is 6.07 Å². The highest BCUT2D eigenvalue weighted by Crippen LogP contribution is 2.18. The summed E-state index contributed by atoms with van der Waals surface area (Å²) in [5, 5.41) is 0. The van der Waals surface area contributed by atoms with Crippen molar-refractivity contribution in [2.75, 3.05) is 50.7 Å². The molecular weight excluding hydrogens is 408 g/mol. The van der Waals surface area contributed by atoms with Crippen LogP contribution in [0.5, 0.6) is 0 Å². The summed E-state index contributed by atoms with van der Waals surface area (Å²) in [5.74, 6) is -1.62. The Balaban J connectivity index is 2.35. The summed E-state index contributed by atoms with van der Waals surface area (Å²) >= 11 is 0. The molecule has 31 heavy (non-hydrogen) atoms. The summed E-state index contributed by atoms with van der Waals surface area (Å²) in [5.41, 5.74) is 5.15. The van der Waals surface area contributed by atoms with Crippen molar-refractivity contribution in [3.05, 3.63) is 56.7 Å². The molecule has 0 radical (unpaired) electrons. The number of hydrogen-bond acceptors (Lipinski definition) is 8. The zero-order chi connectivity index (χ0) is 22.8. The minimum atomic E-state index is -0.836. The van der Waals surface area contributed by atoms with E-state index in [4.69, 9.17) is 19.9 Å². The first-order chi connectivity index (χ1) is 14.9. The molecule has 1 heterocycles. The number of ether oxygens (including phenoxy) is 3. The van der Waals surface area contributed by atoms with Crippen molar-refractivity contribution in [3.8, 4) is 0 Å². The van der Waals surface area contributed by atoms with Gasteiger partial charge in [0.05, 0.1) is 13.2 Å². The fourth-order valence-corrected chi connectivity index (χ4v) is 2.75. The maximum Gasteiger partial charge on any atom is 0.332 e. The van der Waals surface area contributed by atoms with Crippen LogP contribution in [0.4, 0.5) is 11.5 Å². The summed E-state index contributed by atoms with van der Waals surface area (Å²) in [6.45, 7) is 1.22. The monoisotopic (exact) mass is 434 g/mol. The maximum absolute atomic E-state index is 12.7. The van der Waals surface area contributed by atoms with Crippen LogP contribution < -0.4 is 21.9 Å². The minimum Gasteiger partial charge on any atom is -0.454 e. The lowest BCUT2D eigenvalue weighted by atomic mass is 10.2. The molecule has 0 saturated carbocycles. The molecule has 11 nitrogen and oxygen atoms in total. The number of hydrogen-bond donors (Lipinski definition) is 2. The number of aromatic amines is 1. The van der Waals surface area contributed by atoms with Crippen LogP contribution in [0.2, 0.25) is 0 Å². The number of amides is 1. The van der Waals surface area contributed by atoms with Gasteiger partial charge in [0.25, 0.3) is 11.5 Å². The lowest BCUT2D eigenvalue weighted by Crippen LogP contribution is -2.44. The molecule has 11 heteroatoms. The first-order valence-electron chi connectivity index (χ1n) is 9.58. The Morgan fingerprint density at radius 2 is 1.87 bits per heavy atom. The average Bonchev–Trinajstić information content (AvgIpc) is 2.76. The largest absolute Gasteiger partial charge is 0.454 e. The van der Waals surface area contributed by atoms with Crippen molar-refractivity contribution >= 4 is 23.4 Å². The van der Waals surface area contributed by atoms with Crippen molar-refractivity contribution in [1.82, 2.24) is 9.55 Å². The van der Waals surface area contributed by atoms with Crippen LogP contribution in [0.15, 0.2) is 39.9 Å². The lowest BCUT2D eigenvalue weighted by Gasteiger charge is -2.24. The number of nitrogens with one attached hydrogen (secondary N) is 1. The molecule has 1 aromatic heterocycles. The third-order valence-electron chi connectivity index (χ3n) is 4.27. The van der Waals surface area contributed by atoms with Gasteiger partial charge >= 0.3 is 11.7 Å². The number of nitrogens with zero attached hydrogens (tertiary/aromatic N) is 2. The highest BCUT2D eigenvalue weighted by atomic mass is 16.6. The molecule has 0 atom stereocenters.